The van der Waals surface area contributed by atoms with Crippen LogP contribution in [0, 0.1) is 6.92 Å². The molecular weight excluding hydrogens is 506 g/mol. The number of carbonyl (C=O) groups is 1. The number of hydrogen-bond donors (Lipinski definition) is 0. The fourth-order valence-corrected chi connectivity index (χ4v) is 7.38. The van der Waals surface area contributed by atoms with Crippen molar-refractivity contribution in [3.05, 3.63) is 112 Å². The maximum Gasteiger partial charge on any atom is 0.260 e. The Morgan fingerprint density at radius 2 is 1.51 bits per heavy atom. The first kappa shape index (κ1) is 27.2. The molecule has 3 aliphatic rings. The van der Waals surface area contributed by atoms with Gasteiger partial charge in [-0.05, 0) is 76.9 Å². The molecule has 0 bridgehead atoms. The Balaban J connectivity index is 1.72. The van der Waals surface area contributed by atoms with Crippen molar-refractivity contribution in [2.24, 2.45) is 0 Å². The van der Waals surface area contributed by atoms with Crippen LogP contribution in [0.15, 0.2) is 90.2 Å². The number of benzene rings is 3. The van der Waals surface area contributed by atoms with Gasteiger partial charge in [-0.2, -0.15) is 0 Å². The molecule has 1 aliphatic carbocycles. The van der Waals surface area contributed by atoms with E-state index >= 15 is 0 Å². The molecule has 2 unspecified atom stereocenters. The molecule has 3 aromatic rings. The fourth-order valence-electron chi connectivity index (χ4n) is 7.38. The Hall–Kier alpha value is -3.99. The van der Waals surface area contributed by atoms with Crippen LogP contribution in [0.5, 0.6) is 5.75 Å². The van der Waals surface area contributed by atoms with Crippen LogP contribution in [0.1, 0.15) is 68.1 Å². The summed E-state index contributed by atoms with van der Waals surface area (Å²) in [7, 11) is 0. The van der Waals surface area contributed by atoms with Crippen LogP contribution >= 0.6 is 0 Å². The van der Waals surface area contributed by atoms with Crippen molar-refractivity contribution >= 4 is 17.3 Å². The van der Waals surface area contributed by atoms with Crippen molar-refractivity contribution in [2.75, 3.05) is 36.0 Å². The lowest BCUT2D eigenvalue weighted by Gasteiger charge is -2.54. The van der Waals surface area contributed by atoms with E-state index < -0.39 is 11.1 Å². The highest BCUT2D eigenvalue weighted by molar-refractivity contribution is 6.14. The van der Waals surface area contributed by atoms with E-state index in [4.69, 9.17) is 4.74 Å². The zero-order valence-electron chi connectivity index (χ0n) is 25.2. The summed E-state index contributed by atoms with van der Waals surface area (Å²) >= 11 is 0. The molecule has 3 aromatic carbocycles. The molecule has 0 fully saturated rings. The van der Waals surface area contributed by atoms with Crippen LogP contribution in [0.4, 0.5) is 11.4 Å². The topological polar surface area (TPSA) is 36.0 Å². The van der Waals surface area contributed by atoms with Crippen LogP contribution in [0.3, 0.4) is 0 Å². The van der Waals surface area contributed by atoms with Gasteiger partial charge in [0.05, 0.1) is 0 Å². The van der Waals surface area contributed by atoms with Gasteiger partial charge in [0.25, 0.3) is 5.91 Å². The second-order valence-electron chi connectivity index (χ2n) is 11.5. The lowest BCUT2D eigenvalue weighted by atomic mass is 9.65. The summed E-state index contributed by atoms with van der Waals surface area (Å²) in [5.41, 5.74) is 6.78. The Morgan fingerprint density at radius 3 is 2.22 bits per heavy atom. The number of rotatable bonds is 7. The second kappa shape index (κ2) is 10.1. The summed E-state index contributed by atoms with van der Waals surface area (Å²) in [5, 5.41) is 0. The Bertz CT molecular complexity index is 1560. The third-order valence-corrected chi connectivity index (χ3v) is 9.35. The fraction of sp³-hybridized carbons (Fsp3) is 0.361. The van der Waals surface area contributed by atoms with Crippen molar-refractivity contribution in [2.45, 2.75) is 59.1 Å². The van der Waals surface area contributed by atoms with Crippen LogP contribution in [-0.2, 0) is 5.54 Å². The van der Waals surface area contributed by atoms with E-state index in [2.05, 4.69) is 111 Å². The molecular formula is C36H41N3O2. The van der Waals surface area contributed by atoms with E-state index in [0.29, 0.717) is 0 Å². The van der Waals surface area contributed by atoms with Crippen molar-refractivity contribution in [1.82, 2.24) is 4.90 Å². The minimum absolute atomic E-state index is 0.0253. The quantitative estimate of drug-likeness (QED) is 0.308. The van der Waals surface area contributed by atoms with Crippen LogP contribution in [0.25, 0.3) is 0 Å². The van der Waals surface area contributed by atoms with Gasteiger partial charge in [0, 0.05) is 72.4 Å². The molecule has 2 heterocycles. The highest BCUT2D eigenvalue weighted by Gasteiger charge is 2.62. The number of allylic oxidation sites excluding steroid dienone is 2. The molecule has 41 heavy (non-hydrogen) atoms. The maximum atomic E-state index is 14.6. The Labute approximate surface area is 244 Å². The van der Waals surface area contributed by atoms with Crippen molar-refractivity contribution < 1.29 is 9.53 Å². The third-order valence-electron chi connectivity index (χ3n) is 9.35. The molecule has 1 amide bonds. The van der Waals surface area contributed by atoms with E-state index in [1.54, 1.807) is 0 Å². The largest absolute Gasteiger partial charge is 0.482 e. The van der Waals surface area contributed by atoms with E-state index in [1.165, 1.54) is 5.70 Å². The summed E-state index contributed by atoms with van der Waals surface area (Å²) in [6, 6.07) is 23.0. The molecule has 2 aliphatic heterocycles. The molecule has 0 aromatic heterocycles. The number of amides is 1. The highest BCUT2D eigenvalue weighted by atomic mass is 16.5. The minimum atomic E-state index is -0.838. The number of anilines is 2. The monoisotopic (exact) mass is 547 g/mol. The zero-order valence-corrected chi connectivity index (χ0v) is 25.2. The highest BCUT2D eigenvalue weighted by Crippen LogP contribution is 2.61. The minimum Gasteiger partial charge on any atom is -0.482 e. The van der Waals surface area contributed by atoms with Crippen LogP contribution in [-0.4, -0.2) is 42.6 Å². The molecule has 5 heteroatoms. The second-order valence-corrected chi connectivity index (χ2v) is 11.5. The smallest absolute Gasteiger partial charge is 0.260 e. The molecule has 6 rings (SSSR count). The number of ether oxygens (including phenoxy) is 1. The van der Waals surface area contributed by atoms with Gasteiger partial charge < -0.3 is 14.5 Å². The lowest BCUT2D eigenvalue weighted by molar-refractivity contribution is 0.0811. The van der Waals surface area contributed by atoms with Crippen molar-refractivity contribution in [1.29, 1.82) is 0 Å². The standard InChI is InChI=1S/C36H41N3O2/c1-7-37(8-2)26-19-21-30-32(23-26)41-35(6)24-27(38(9-3)10-4)20-22-33(35)36(30)29-17-13-12-16-28(29)34(40)39(36)31-18-14-11-15-25(31)5/h11-23H,7-10,24H2,1-6H3. The van der Waals surface area contributed by atoms with Crippen molar-refractivity contribution in [3.63, 3.8) is 0 Å². The normalized spacial score (nSPS) is 22.4. The number of carbonyl (C=O) groups excluding carboxylic acids is 1. The zero-order chi connectivity index (χ0) is 28.9. The predicted octanol–water partition coefficient (Wildman–Crippen LogP) is 7.45. The van der Waals surface area contributed by atoms with Gasteiger partial charge in [0.15, 0.2) is 0 Å². The maximum absolute atomic E-state index is 14.6. The van der Waals surface area contributed by atoms with Gasteiger partial charge in [-0.15, -0.1) is 0 Å². The first-order chi connectivity index (χ1) is 19.8. The van der Waals surface area contributed by atoms with Gasteiger partial charge in [-0.25, -0.2) is 0 Å². The molecule has 0 N–H and O–H groups in total. The van der Waals surface area contributed by atoms with E-state index in [-0.39, 0.29) is 5.91 Å². The summed E-state index contributed by atoms with van der Waals surface area (Å²) in [6.07, 6.45) is 5.24. The van der Waals surface area contributed by atoms with Crippen molar-refractivity contribution in [3.8, 4) is 5.75 Å². The number of aryl methyl sites for hydroxylation is 1. The Kier molecular flexibility index (Phi) is 6.72. The summed E-state index contributed by atoms with van der Waals surface area (Å²) in [4.78, 5) is 21.4. The number of nitrogens with zero attached hydrogens (tertiary/aromatic N) is 3. The number of para-hydroxylation sites is 1. The third kappa shape index (κ3) is 3.85. The molecule has 2 atom stereocenters. The SMILES string of the molecule is CCN(CC)C1=CC=C2C(C)(C1)Oc1cc(N(CC)CC)ccc1C21c2ccccc2C(=O)N1c1ccccc1C. The van der Waals surface area contributed by atoms with E-state index in [9.17, 15) is 4.79 Å². The van der Waals surface area contributed by atoms with Gasteiger partial charge in [-0.3, -0.25) is 9.69 Å². The average Bonchev–Trinajstić information content (AvgIpc) is 3.23. The van der Waals surface area contributed by atoms with E-state index in [1.807, 2.05) is 24.3 Å². The first-order valence-electron chi connectivity index (χ1n) is 15.1. The molecule has 0 saturated carbocycles. The molecule has 1 spiro atoms. The molecule has 0 radical (unpaired) electrons. The molecule has 5 nitrogen and oxygen atoms in total. The lowest BCUT2D eigenvalue weighted by Crippen LogP contribution is -2.58. The molecule has 212 valence electrons. The summed E-state index contributed by atoms with van der Waals surface area (Å²) < 4.78 is 7.12. The van der Waals surface area contributed by atoms with Gasteiger partial charge in [0.1, 0.15) is 16.9 Å². The average molecular weight is 548 g/mol. The van der Waals surface area contributed by atoms with Crippen LogP contribution in [0.2, 0.25) is 0 Å². The van der Waals surface area contributed by atoms with Gasteiger partial charge >= 0.3 is 0 Å². The summed E-state index contributed by atoms with van der Waals surface area (Å²) in [6.45, 7) is 16.8. The summed E-state index contributed by atoms with van der Waals surface area (Å²) in [5.74, 6) is 0.871. The number of fused-ring (bicyclic) bond motifs is 6. The first-order valence-corrected chi connectivity index (χ1v) is 15.1. The Morgan fingerprint density at radius 1 is 0.829 bits per heavy atom. The van der Waals surface area contributed by atoms with E-state index in [0.717, 1.165) is 77.6 Å². The molecule has 0 saturated heterocycles. The van der Waals surface area contributed by atoms with Gasteiger partial charge in [0.2, 0.25) is 0 Å². The predicted molar refractivity (Wildman–Crippen MR) is 168 cm³/mol. The van der Waals surface area contributed by atoms with Crippen LogP contribution < -0.4 is 14.5 Å². The van der Waals surface area contributed by atoms with Gasteiger partial charge in [-0.1, -0.05) is 48.5 Å². The number of hydrogen-bond acceptors (Lipinski definition) is 4.